The zero-order chi connectivity index (χ0) is 47.2. The van der Waals surface area contributed by atoms with Gasteiger partial charge in [0.25, 0.3) is 5.91 Å². The number of carbonyl (C=O) groups excluding carboxylic acids is 3. The quantitative estimate of drug-likeness (QED) is 0.0976. The molecule has 0 atom stereocenters. The summed E-state index contributed by atoms with van der Waals surface area (Å²) in [5.74, 6) is -3.89. The van der Waals surface area contributed by atoms with E-state index in [0.717, 1.165) is 37.0 Å². The van der Waals surface area contributed by atoms with E-state index in [2.05, 4.69) is 77.1 Å². The molecule has 1 N–H and O–H groups in total. The summed E-state index contributed by atoms with van der Waals surface area (Å²) in [6.45, 7) is 28.5. The lowest BCUT2D eigenvalue weighted by Gasteiger charge is -2.35. The van der Waals surface area contributed by atoms with E-state index in [1.807, 2.05) is 4.90 Å². The molecule has 2 fully saturated rings. The van der Waals surface area contributed by atoms with E-state index >= 15 is 0 Å². The van der Waals surface area contributed by atoms with E-state index in [0.29, 0.717) is 39.3 Å². The van der Waals surface area contributed by atoms with E-state index in [4.69, 9.17) is 15.4 Å². The Kier molecular flexibility index (Phi) is 25.6. The summed E-state index contributed by atoms with van der Waals surface area (Å²) in [4.78, 5) is 54.7. The molecular weight excluding hydrogens is 803 g/mol. The molecule has 0 aliphatic carbocycles. The second-order valence-corrected chi connectivity index (χ2v) is 17.3. The Morgan fingerprint density at radius 3 is 1.39 bits per heavy atom. The van der Waals surface area contributed by atoms with Crippen LogP contribution in [0.4, 0.5) is 27.2 Å². The lowest BCUT2D eigenvalue weighted by Crippen LogP contribution is -2.49. The van der Waals surface area contributed by atoms with Gasteiger partial charge in [0.2, 0.25) is 0 Å². The van der Waals surface area contributed by atoms with Crippen molar-refractivity contribution in [2.24, 2.45) is 22.9 Å². The molecule has 2 aromatic rings. The standard InChI is InChI=1S/C18H24F2N2O4.C13H13F2N5O3.3C4H10/c1-18(2,3)26-17(24)22-9-7-21(8-10-22)11-12-5-6-13(19)14(15(12)20)16(23)25-4;14-9-2-1-8(11(15)10(9)12(21)17-18-16)7-19-3-5-20(6-4-19)13(22)23;3*1-4(2)3/h5-6H,7-11H2,1-4H3;1-2H,3-7H2,(H,22,23);3*4H,1-3H3. The van der Waals surface area contributed by atoms with Crippen LogP contribution in [-0.2, 0) is 22.6 Å². The van der Waals surface area contributed by atoms with Crippen LogP contribution in [0.5, 0.6) is 0 Å². The van der Waals surface area contributed by atoms with Crippen molar-refractivity contribution in [1.29, 1.82) is 0 Å². The number of azide groups is 1. The van der Waals surface area contributed by atoms with Gasteiger partial charge in [0.15, 0.2) is 0 Å². The average molecular weight is 870 g/mol. The molecule has 0 aromatic heterocycles. The molecule has 0 spiro atoms. The number of methoxy groups -OCH3 is 1. The molecule has 2 aliphatic rings. The number of piperazine rings is 2. The van der Waals surface area contributed by atoms with E-state index in [9.17, 15) is 36.7 Å². The highest BCUT2D eigenvalue weighted by molar-refractivity contribution is 5.95. The normalized spacial score (nSPS) is 14.2. The fourth-order valence-electron chi connectivity index (χ4n) is 5.01. The minimum absolute atomic E-state index is 0.0756. The van der Waals surface area contributed by atoms with Gasteiger partial charge in [0, 0.05) is 81.5 Å². The van der Waals surface area contributed by atoms with Gasteiger partial charge in [0.05, 0.1) is 12.7 Å². The minimum atomic E-state index is -1.32. The molecule has 61 heavy (non-hydrogen) atoms. The molecule has 3 amide bonds. The molecule has 0 saturated carbocycles. The van der Waals surface area contributed by atoms with Gasteiger partial charge in [-0.2, -0.15) is 0 Å². The van der Waals surface area contributed by atoms with Crippen LogP contribution in [0.1, 0.15) is 115 Å². The number of hydrogen-bond acceptors (Lipinski definition) is 8. The largest absolute Gasteiger partial charge is 0.465 e. The third-order valence-electron chi connectivity index (χ3n) is 7.54. The van der Waals surface area contributed by atoms with Crippen molar-refractivity contribution in [3.63, 3.8) is 0 Å². The molecule has 14 nitrogen and oxygen atoms in total. The third kappa shape index (κ3) is 22.5. The zero-order valence-electron chi connectivity index (χ0n) is 38.2. The molecule has 2 aromatic carbocycles. The number of esters is 1. The van der Waals surface area contributed by atoms with E-state index in [1.165, 1.54) is 17.0 Å². The van der Waals surface area contributed by atoms with Crippen LogP contribution >= 0.6 is 0 Å². The van der Waals surface area contributed by atoms with Crippen molar-refractivity contribution in [3.05, 3.63) is 80.2 Å². The highest BCUT2D eigenvalue weighted by atomic mass is 19.1. The number of amides is 3. The number of nitrogens with zero attached hydrogens (tertiary/aromatic N) is 7. The van der Waals surface area contributed by atoms with Gasteiger partial charge in [-0.3, -0.25) is 14.6 Å². The molecule has 0 unspecified atom stereocenters. The van der Waals surface area contributed by atoms with Crippen molar-refractivity contribution < 1.29 is 51.3 Å². The Morgan fingerprint density at radius 2 is 1.05 bits per heavy atom. The fourth-order valence-corrected chi connectivity index (χ4v) is 5.01. The number of rotatable bonds is 6. The van der Waals surface area contributed by atoms with Crippen molar-refractivity contribution in [2.75, 3.05) is 59.5 Å². The summed E-state index contributed by atoms with van der Waals surface area (Å²) in [5, 5.41) is 11.6. The second-order valence-electron chi connectivity index (χ2n) is 17.3. The van der Waals surface area contributed by atoms with Gasteiger partial charge in [-0.25, -0.2) is 31.9 Å². The number of carboxylic acid groups (broad SMARTS) is 1. The maximum Gasteiger partial charge on any atom is 0.410 e. The molecule has 0 bridgehead atoms. The summed E-state index contributed by atoms with van der Waals surface area (Å²) >= 11 is 0. The maximum absolute atomic E-state index is 14.5. The Morgan fingerprint density at radius 1 is 0.689 bits per heavy atom. The molecule has 344 valence electrons. The van der Waals surface area contributed by atoms with E-state index in [1.54, 1.807) is 30.6 Å². The molecule has 18 heteroatoms. The van der Waals surface area contributed by atoms with Crippen molar-refractivity contribution in [1.82, 2.24) is 19.6 Å². The van der Waals surface area contributed by atoms with Crippen LogP contribution in [0.15, 0.2) is 29.4 Å². The van der Waals surface area contributed by atoms with Gasteiger partial charge < -0.3 is 24.4 Å². The molecule has 0 radical (unpaired) electrons. The Hall–Kier alpha value is -4.93. The highest BCUT2D eigenvalue weighted by Gasteiger charge is 2.28. The lowest BCUT2D eigenvalue weighted by atomic mass is 10.1. The summed E-state index contributed by atoms with van der Waals surface area (Å²) < 4.78 is 65.8. The van der Waals surface area contributed by atoms with Crippen molar-refractivity contribution in [2.45, 2.75) is 102 Å². The first-order chi connectivity index (χ1) is 28.3. The van der Waals surface area contributed by atoms with Crippen LogP contribution in [-0.4, -0.2) is 114 Å². The van der Waals surface area contributed by atoms with Crippen molar-refractivity contribution in [3.8, 4) is 0 Å². The first-order valence-corrected chi connectivity index (χ1v) is 20.3. The average Bonchev–Trinajstić information content (AvgIpc) is 3.13. The zero-order valence-corrected chi connectivity index (χ0v) is 38.2. The Labute approximate surface area is 358 Å². The lowest BCUT2D eigenvalue weighted by molar-refractivity contribution is 0.0137. The predicted molar refractivity (Wildman–Crippen MR) is 227 cm³/mol. The van der Waals surface area contributed by atoms with Gasteiger partial charge in [-0.05, 0) is 61.3 Å². The first kappa shape index (κ1) is 56.1. The highest BCUT2D eigenvalue weighted by Crippen LogP contribution is 2.22. The first-order valence-electron chi connectivity index (χ1n) is 20.3. The minimum Gasteiger partial charge on any atom is -0.465 e. The summed E-state index contributed by atoms with van der Waals surface area (Å²) in [5.41, 5.74) is 6.37. The summed E-state index contributed by atoms with van der Waals surface area (Å²) in [7, 11) is 1.07. The van der Waals surface area contributed by atoms with Crippen LogP contribution in [0, 0.1) is 41.0 Å². The molecule has 2 heterocycles. The molecule has 2 saturated heterocycles. The maximum atomic E-state index is 14.5. The number of benzene rings is 2. The van der Waals surface area contributed by atoms with Crippen LogP contribution < -0.4 is 0 Å². The Balaban J connectivity index is 0.000000937. The summed E-state index contributed by atoms with van der Waals surface area (Å²) in [6, 6.07) is 4.52. The fraction of sp³-hybridized carbons (Fsp3) is 0.628. The van der Waals surface area contributed by atoms with Crippen molar-refractivity contribution >= 4 is 24.1 Å². The molecular formula is C43H67F4N7O7. The van der Waals surface area contributed by atoms with Gasteiger partial charge in [-0.15, -0.1) is 0 Å². The number of carbonyl (C=O) groups is 4. The number of ether oxygens (including phenoxy) is 2. The predicted octanol–water partition coefficient (Wildman–Crippen LogP) is 10.0. The molecule has 4 rings (SSSR count). The van der Waals surface area contributed by atoms with Gasteiger partial charge in [0.1, 0.15) is 34.4 Å². The summed E-state index contributed by atoms with van der Waals surface area (Å²) in [6.07, 6.45) is -1.39. The second kappa shape index (κ2) is 27.8. The number of halogens is 4. The monoisotopic (exact) mass is 870 g/mol. The van der Waals surface area contributed by atoms with Crippen LogP contribution in [0.3, 0.4) is 0 Å². The Bertz CT molecular complexity index is 1730. The van der Waals surface area contributed by atoms with Crippen LogP contribution in [0.25, 0.3) is 10.4 Å². The number of hydrogen-bond donors (Lipinski definition) is 1. The van der Waals surface area contributed by atoms with E-state index < -0.39 is 58.0 Å². The van der Waals surface area contributed by atoms with Crippen LogP contribution in [0.2, 0.25) is 0 Å². The third-order valence-corrected chi connectivity index (χ3v) is 7.54. The van der Waals surface area contributed by atoms with Gasteiger partial charge >= 0.3 is 18.2 Å². The molecule has 2 aliphatic heterocycles. The smallest absolute Gasteiger partial charge is 0.410 e. The topological polar surface area (TPSA) is 169 Å². The van der Waals surface area contributed by atoms with E-state index in [-0.39, 0.29) is 43.4 Å². The SMILES string of the molecule is CC(C)C.CC(C)C.CC(C)C.COC(=O)c1c(F)ccc(CN2CCN(C(=O)OC(C)(C)C)CC2)c1F.[N-]=[N+]=NC(=O)c1c(F)ccc(CN2CCN(C(=O)O)CC2)c1F. The van der Waals surface area contributed by atoms with Gasteiger partial charge in [-0.1, -0.05) is 74.4 Å².